The summed E-state index contributed by atoms with van der Waals surface area (Å²) < 4.78 is 5.23. The van der Waals surface area contributed by atoms with Crippen LogP contribution in [0, 0.1) is 5.92 Å². The van der Waals surface area contributed by atoms with E-state index in [4.69, 9.17) is 4.74 Å². The molecule has 4 nitrogen and oxygen atoms in total. The molecule has 1 amide bonds. The lowest BCUT2D eigenvalue weighted by Crippen LogP contribution is -2.40. The van der Waals surface area contributed by atoms with Gasteiger partial charge in [0, 0.05) is 6.54 Å². The van der Waals surface area contributed by atoms with E-state index in [9.17, 15) is 9.59 Å². The number of carbonyl (C=O) groups excluding carboxylic acids is 2. The number of hydrogen-bond acceptors (Lipinski definition) is 3. The third-order valence-corrected chi connectivity index (χ3v) is 2.34. The van der Waals surface area contributed by atoms with E-state index in [1.807, 2.05) is 41.5 Å². The molecule has 0 bridgehead atoms. The smallest absolute Gasteiger partial charge is 0.410 e. The molecule has 1 rings (SSSR count). The molecule has 1 aliphatic rings. The van der Waals surface area contributed by atoms with Gasteiger partial charge in [-0.15, -0.1) is 0 Å². The monoisotopic (exact) mass is 243 g/mol. The molecular formula is C13H25NO3. The summed E-state index contributed by atoms with van der Waals surface area (Å²) in [7, 11) is 0. The van der Waals surface area contributed by atoms with Crippen molar-refractivity contribution < 1.29 is 14.3 Å². The standard InChI is InChI=1S/C11H19NO3.C2H6/c1-8-5-9(7-13)12(6-8)10(14)15-11(2,3)4;1-2/h7-9H,5-6H2,1-4H3;1-2H3. The first-order valence-electron chi connectivity index (χ1n) is 6.28. The lowest BCUT2D eigenvalue weighted by molar-refractivity contribution is -0.111. The number of nitrogens with zero attached hydrogens (tertiary/aromatic N) is 1. The Morgan fingerprint density at radius 3 is 2.29 bits per heavy atom. The third-order valence-electron chi connectivity index (χ3n) is 2.34. The van der Waals surface area contributed by atoms with Crippen LogP contribution in [0.4, 0.5) is 4.79 Å². The second-order valence-electron chi connectivity index (χ2n) is 5.18. The molecule has 1 aliphatic heterocycles. The summed E-state index contributed by atoms with van der Waals surface area (Å²) >= 11 is 0. The zero-order chi connectivity index (χ0) is 13.6. The van der Waals surface area contributed by atoms with Gasteiger partial charge < -0.3 is 9.53 Å². The van der Waals surface area contributed by atoms with Crippen molar-refractivity contribution in [2.45, 2.75) is 59.6 Å². The summed E-state index contributed by atoms with van der Waals surface area (Å²) in [5, 5.41) is 0. The summed E-state index contributed by atoms with van der Waals surface area (Å²) in [5.74, 6) is 0.368. The number of ether oxygens (including phenoxy) is 1. The summed E-state index contributed by atoms with van der Waals surface area (Å²) in [5.41, 5.74) is -0.504. The van der Waals surface area contributed by atoms with E-state index < -0.39 is 5.60 Å². The van der Waals surface area contributed by atoms with E-state index in [0.717, 1.165) is 12.7 Å². The molecule has 0 aromatic rings. The number of amides is 1. The Balaban J connectivity index is 0.00000121. The van der Waals surface area contributed by atoms with Crippen LogP contribution in [0.2, 0.25) is 0 Å². The van der Waals surface area contributed by atoms with Crippen LogP contribution < -0.4 is 0 Å². The molecular weight excluding hydrogens is 218 g/mol. The first kappa shape index (κ1) is 15.9. The van der Waals surface area contributed by atoms with Gasteiger partial charge in [-0.05, 0) is 33.1 Å². The average molecular weight is 243 g/mol. The lowest BCUT2D eigenvalue weighted by atomic mass is 10.1. The van der Waals surface area contributed by atoms with Gasteiger partial charge in [0.05, 0.1) is 6.04 Å². The number of rotatable bonds is 1. The number of hydrogen-bond donors (Lipinski definition) is 0. The van der Waals surface area contributed by atoms with Crippen molar-refractivity contribution in [3.63, 3.8) is 0 Å². The molecule has 2 unspecified atom stereocenters. The van der Waals surface area contributed by atoms with Crippen molar-refractivity contribution in [2.75, 3.05) is 6.54 Å². The van der Waals surface area contributed by atoms with Gasteiger partial charge in [-0.25, -0.2) is 4.79 Å². The molecule has 0 N–H and O–H groups in total. The van der Waals surface area contributed by atoms with Gasteiger partial charge in [-0.3, -0.25) is 4.90 Å². The Morgan fingerprint density at radius 1 is 1.35 bits per heavy atom. The summed E-state index contributed by atoms with van der Waals surface area (Å²) in [6.45, 7) is 12.1. The zero-order valence-electron chi connectivity index (χ0n) is 11.8. The fraction of sp³-hybridized carbons (Fsp3) is 0.846. The van der Waals surface area contributed by atoms with E-state index in [1.165, 1.54) is 4.90 Å². The first-order chi connectivity index (χ1) is 7.83. The van der Waals surface area contributed by atoms with Crippen LogP contribution >= 0.6 is 0 Å². The fourth-order valence-electron chi connectivity index (χ4n) is 1.74. The highest BCUT2D eigenvalue weighted by molar-refractivity contribution is 5.74. The van der Waals surface area contributed by atoms with Crippen molar-refractivity contribution in [2.24, 2.45) is 5.92 Å². The zero-order valence-corrected chi connectivity index (χ0v) is 11.8. The van der Waals surface area contributed by atoms with Crippen molar-refractivity contribution in [3.05, 3.63) is 0 Å². The lowest BCUT2D eigenvalue weighted by Gasteiger charge is -2.26. The topological polar surface area (TPSA) is 46.6 Å². The van der Waals surface area contributed by atoms with E-state index in [0.29, 0.717) is 12.5 Å². The van der Waals surface area contributed by atoms with Gasteiger partial charge >= 0.3 is 6.09 Å². The van der Waals surface area contributed by atoms with Crippen LogP contribution in [-0.2, 0) is 9.53 Å². The Bertz CT molecular complexity index is 258. The number of carbonyl (C=O) groups is 2. The van der Waals surface area contributed by atoms with Crippen LogP contribution in [0.25, 0.3) is 0 Å². The largest absolute Gasteiger partial charge is 0.444 e. The average Bonchev–Trinajstić information content (AvgIpc) is 2.60. The maximum atomic E-state index is 11.7. The van der Waals surface area contributed by atoms with Crippen LogP contribution in [0.5, 0.6) is 0 Å². The molecule has 100 valence electrons. The predicted octanol–water partition coefficient (Wildman–Crippen LogP) is 2.86. The van der Waals surface area contributed by atoms with Gasteiger partial charge in [-0.1, -0.05) is 20.8 Å². The molecule has 0 aromatic carbocycles. The minimum absolute atomic E-state index is 0.310. The molecule has 17 heavy (non-hydrogen) atoms. The van der Waals surface area contributed by atoms with Gasteiger partial charge in [-0.2, -0.15) is 0 Å². The minimum Gasteiger partial charge on any atom is -0.444 e. The van der Waals surface area contributed by atoms with E-state index >= 15 is 0 Å². The van der Waals surface area contributed by atoms with Crippen LogP contribution in [-0.4, -0.2) is 35.5 Å². The van der Waals surface area contributed by atoms with Crippen molar-refractivity contribution in [1.82, 2.24) is 4.90 Å². The van der Waals surface area contributed by atoms with Gasteiger partial charge in [0.15, 0.2) is 0 Å². The first-order valence-corrected chi connectivity index (χ1v) is 6.28. The maximum absolute atomic E-state index is 11.7. The quantitative estimate of drug-likeness (QED) is 0.665. The SMILES string of the molecule is CC.CC1CC(C=O)N(C(=O)OC(C)(C)C)C1. The highest BCUT2D eigenvalue weighted by Crippen LogP contribution is 2.23. The summed E-state index contributed by atoms with van der Waals surface area (Å²) in [6, 6.07) is -0.310. The highest BCUT2D eigenvalue weighted by Gasteiger charge is 2.35. The molecule has 0 saturated carbocycles. The van der Waals surface area contributed by atoms with Crippen LogP contribution in [0.3, 0.4) is 0 Å². The number of likely N-dealkylation sites (tertiary alicyclic amines) is 1. The van der Waals surface area contributed by atoms with E-state index in [1.54, 1.807) is 0 Å². The van der Waals surface area contributed by atoms with E-state index in [2.05, 4.69) is 0 Å². The summed E-state index contributed by atoms with van der Waals surface area (Å²) in [6.07, 6.45) is 1.18. The fourth-order valence-corrected chi connectivity index (χ4v) is 1.74. The van der Waals surface area contributed by atoms with Gasteiger partial charge in [0.1, 0.15) is 11.9 Å². The predicted molar refractivity (Wildman–Crippen MR) is 67.9 cm³/mol. The van der Waals surface area contributed by atoms with Crippen LogP contribution in [0.1, 0.15) is 48.0 Å². The Labute approximate surface area is 104 Å². The molecule has 0 aromatic heterocycles. The Kier molecular flexibility index (Phi) is 6.21. The van der Waals surface area contributed by atoms with Crippen molar-refractivity contribution >= 4 is 12.4 Å². The number of aldehydes is 1. The molecule has 0 spiro atoms. The van der Waals surface area contributed by atoms with Gasteiger partial charge in [0.2, 0.25) is 0 Å². The van der Waals surface area contributed by atoms with Crippen molar-refractivity contribution in [3.8, 4) is 0 Å². The second-order valence-corrected chi connectivity index (χ2v) is 5.18. The molecule has 0 radical (unpaired) electrons. The molecule has 1 heterocycles. The Morgan fingerprint density at radius 2 is 1.88 bits per heavy atom. The maximum Gasteiger partial charge on any atom is 0.410 e. The second kappa shape index (κ2) is 6.62. The van der Waals surface area contributed by atoms with E-state index in [-0.39, 0.29) is 12.1 Å². The van der Waals surface area contributed by atoms with Crippen LogP contribution in [0.15, 0.2) is 0 Å². The molecule has 4 heteroatoms. The Hall–Kier alpha value is -1.06. The molecule has 2 atom stereocenters. The molecule has 1 saturated heterocycles. The summed E-state index contributed by atoms with van der Waals surface area (Å²) in [4.78, 5) is 24.0. The third kappa shape index (κ3) is 5.20. The highest BCUT2D eigenvalue weighted by atomic mass is 16.6. The minimum atomic E-state index is -0.504. The normalized spacial score (nSPS) is 23.8. The molecule has 1 fully saturated rings. The van der Waals surface area contributed by atoms with Crippen molar-refractivity contribution in [1.29, 1.82) is 0 Å². The van der Waals surface area contributed by atoms with Gasteiger partial charge in [0.25, 0.3) is 0 Å². The molecule has 0 aliphatic carbocycles.